The van der Waals surface area contributed by atoms with Crippen molar-refractivity contribution in [2.75, 3.05) is 33.5 Å². The third-order valence-electron chi connectivity index (χ3n) is 2.44. The molecule has 1 aromatic rings. The van der Waals surface area contributed by atoms with E-state index in [1.54, 1.807) is 31.4 Å². The number of benzene rings is 1. The highest BCUT2D eigenvalue weighted by Crippen LogP contribution is 2.14. The van der Waals surface area contributed by atoms with Crippen LogP contribution in [0.3, 0.4) is 0 Å². The predicted molar refractivity (Wildman–Crippen MR) is 72.0 cm³/mol. The minimum absolute atomic E-state index is 0.0557. The van der Waals surface area contributed by atoms with Crippen molar-refractivity contribution in [2.45, 2.75) is 12.5 Å². The van der Waals surface area contributed by atoms with E-state index in [1.165, 1.54) is 0 Å². The fourth-order valence-corrected chi connectivity index (χ4v) is 1.52. The van der Waals surface area contributed by atoms with Crippen molar-refractivity contribution in [3.8, 4) is 5.75 Å². The molecule has 1 rings (SSSR count). The molecular weight excluding hydrogens is 264 g/mol. The molecule has 2 N–H and O–H groups in total. The SMILES string of the molecule is COCCOCC(O)COc1cccc(CC(=O)O)c1. The van der Waals surface area contributed by atoms with Gasteiger partial charge in [-0.1, -0.05) is 12.1 Å². The van der Waals surface area contributed by atoms with Gasteiger partial charge in [-0.3, -0.25) is 4.79 Å². The van der Waals surface area contributed by atoms with Gasteiger partial charge in [-0.2, -0.15) is 0 Å². The van der Waals surface area contributed by atoms with Crippen LogP contribution in [0.15, 0.2) is 24.3 Å². The second kappa shape index (κ2) is 9.30. The monoisotopic (exact) mass is 284 g/mol. The third-order valence-corrected chi connectivity index (χ3v) is 2.44. The topological polar surface area (TPSA) is 85.2 Å². The van der Waals surface area contributed by atoms with E-state index in [2.05, 4.69) is 0 Å². The lowest BCUT2D eigenvalue weighted by atomic mass is 10.1. The minimum atomic E-state index is -0.895. The number of aliphatic hydroxyl groups is 1. The van der Waals surface area contributed by atoms with Crippen LogP contribution in [-0.4, -0.2) is 55.8 Å². The molecule has 0 aliphatic heterocycles. The second-order valence-electron chi connectivity index (χ2n) is 4.25. The van der Waals surface area contributed by atoms with Gasteiger partial charge in [-0.15, -0.1) is 0 Å². The lowest BCUT2D eigenvalue weighted by Gasteiger charge is -2.13. The molecule has 1 aromatic carbocycles. The van der Waals surface area contributed by atoms with Crippen LogP contribution in [0.25, 0.3) is 0 Å². The summed E-state index contributed by atoms with van der Waals surface area (Å²) in [4.78, 5) is 10.6. The van der Waals surface area contributed by atoms with E-state index in [0.717, 1.165) is 0 Å². The van der Waals surface area contributed by atoms with Crippen molar-refractivity contribution in [1.82, 2.24) is 0 Å². The molecule has 6 nitrogen and oxygen atoms in total. The largest absolute Gasteiger partial charge is 0.491 e. The molecule has 0 bridgehead atoms. The van der Waals surface area contributed by atoms with Gasteiger partial charge in [0.1, 0.15) is 18.5 Å². The summed E-state index contributed by atoms with van der Waals surface area (Å²) in [5, 5.41) is 18.3. The average molecular weight is 284 g/mol. The highest BCUT2D eigenvalue weighted by atomic mass is 16.5. The van der Waals surface area contributed by atoms with Crippen LogP contribution in [0.5, 0.6) is 5.75 Å². The first-order valence-electron chi connectivity index (χ1n) is 6.30. The molecule has 0 saturated heterocycles. The Morgan fingerprint density at radius 1 is 1.30 bits per heavy atom. The molecule has 0 saturated carbocycles. The molecule has 1 atom stereocenters. The summed E-state index contributed by atoms with van der Waals surface area (Å²) in [6.07, 6.45) is -0.796. The second-order valence-corrected chi connectivity index (χ2v) is 4.25. The van der Waals surface area contributed by atoms with Gasteiger partial charge in [0.05, 0.1) is 26.2 Å². The smallest absolute Gasteiger partial charge is 0.307 e. The number of hydrogen-bond acceptors (Lipinski definition) is 5. The fourth-order valence-electron chi connectivity index (χ4n) is 1.52. The molecule has 20 heavy (non-hydrogen) atoms. The molecule has 0 heterocycles. The number of carboxylic acids is 1. The Bertz CT molecular complexity index is 406. The Hall–Kier alpha value is -1.63. The average Bonchev–Trinajstić information content (AvgIpc) is 2.41. The van der Waals surface area contributed by atoms with Gasteiger partial charge in [0.15, 0.2) is 0 Å². The Morgan fingerprint density at radius 2 is 2.10 bits per heavy atom. The zero-order chi connectivity index (χ0) is 14.8. The summed E-state index contributed by atoms with van der Waals surface area (Å²) in [5.41, 5.74) is 0.654. The van der Waals surface area contributed by atoms with Crippen molar-refractivity contribution in [3.63, 3.8) is 0 Å². The first-order chi connectivity index (χ1) is 9.61. The number of carbonyl (C=O) groups is 1. The molecular formula is C14H20O6. The number of ether oxygens (including phenoxy) is 3. The lowest BCUT2D eigenvalue weighted by molar-refractivity contribution is -0.136. The van der Waals surface area contributed by atoms with Gasteiger partial charge in [0.25, 0.3) is 0 Å². The van der Waals surface area contributed by atoms with Crippen LogP contribution >= 0.6 is 0 Å². The third kappa shape index (κ3) is 7.08. The standard InChI is InChI=1S/C14H20O6/c1-18-5-6-19-9-12(15)10-20-13-4-2-3-11(7-13)8-14(16)17/h2-4,7,12,15H,5-6,8-10H2,1H3,(H,16,17). The van der Waals surface area contributed by atoms with Gasteiger partial charge in [0, 0.05) is 7.11 Å². The van der Waals surface area contributed by atoms with E-state index in [4.69, 9.17) is 19.3 Å². The summed E-state index contributed by atoms with van der Waals surface area (Å²) in [6, 6.07) is 6.79. The first kappa shape index (κ1) is 16.4. The van der Waals surface area contributed by atoms with Crippen LogP contribution in [0.4, 0.5) is 0 Å². The van der Waals surface area contributed by atoms with Crippen molar-refractivity contribution in [2.24, 2.45) is 0 Å². The fraction of sp³-hybridized carbons (Fsp3) is 0.500. The van der Waals surface area contributed by atoms with Gasteiger partial charge < -0.3 is 24.4 Å². The van der Waals surface area contributed by atoms with Crippen LogP contribution < -0.4 is 4.74 Å². The Balaban J connectivity index is 2.31. The van der Waals surface area contributed by atoms with Crippen LogP contribution in [0, 0.1) is 0 Å². The number of rotatable bonds is 10. The van der Waals surface area contributed by atoms with Gasteiger partial charge in [-0.25, -0.2) is 0 Å². The van der Waals surface area contributed by atoms with Crippen molar-refractivity contribution in [1.29, 1.82) is 0 Å². The summed E-state index contributed by atoms with van der Waals surface area (Å²) in [5.74, 6) is -0.367. The quantitative estimate of drug-likeness (QED) is 0.616. The maximum Gasteiger partial charge on any atom is 0.307 e. The molecule has 1 unspecified atom stereocenters. The number of methoxy groups -OCH3 is 1. The summed E-state index contributed by atoms with van der Waals surface area (Å²) >= 11 is 0. The molecule has 0 aromatic heterocycles. The number of aliphatic carboxylic acids is 1. The molecule has 0 spiro atoms. The van der Waals surface area contributed by atoms with E-state index in [9.17, 15) is 9.90 Å². The Kier molecular flexibility index (Phi) is 7.64. The predicted octanol–water partition coefficient (Wildman–Crippen LogP) is 0.716. The lowest BCUT2D eigenvalue weighted by Crippen LogP contribution is -2.24. The number of hydrogen-bond donors (Lipinski definition) is 2. The first-order valence-corrected chi connectivity index (χ1v) is 6.30. The van der Waals surface area contributed by atoms with Crippen molar-refractivity contribution >= 4 is 5.97 Å². The maximum atomic E-state index is 10.6. The van der Waals surface area contributed by atoms with E-state index in [0.29, 0.717) is 24.5 Å². The van der Waals surface area contributed by atoms with Crippen LogP contribution in [0.1, 0.15) is 5.56 Å². The number of carboxylic acid groups (broad SMARTS) is 1. The van der Waals surface area contributed by atoms with E-state index in [-0.39, 0.29) is 19.6 Å². The zero-order valence-electron chi connectivity index (χ0n) is 11.4. The summed E-state index contributed by atoms with van der Waals surface area (Å²) < 4.78 is 15.4. The molecule has 0 aliphatic rings. The van der Waals surface area contributed by atoms with Crippen LogP contribution in [-0.2, 0) is 20.7 Å². The highest BCUT2D eigenvalue weighted by Gasteiger charge is 2.07. The molecule has 0 amide bonds. The van der Waals surface area contributed by atoms with E-state index in [1.807, 2.05) is 0 Å². The molecule has 6 heteroatoms. The number of aliphatic hydroxyl groups excluding tert-OH is 1. The molecule has 112 valence electrons. The summed E-state index contributed by atoms with van der Waals surface area (Å²) in [7, 11) is 1.58. The molecule has 0 aliphatic carbocycles. The summed E-state index contributed by atoms with van der Waals surface area (Å²) in [6.45, 7) is 1.15. The van der Waals surface area contributed by atoms with Gasteiger partial charge >= 0.3 is 5.97 Å². The maximum absolute atomic E-state index is 10.6. The minimum Gasteiger partial charge on any atom is -0.491 e. The zero-order valence-corrected chi connectivity index (χ0v) is 11.4. The normalized spacial score (nSPS) is 12.1. The van der Waals surface area contributed by atoms with Crippen molar-refractivity contribution in [3.05, 3.63) is 29.8 Å². The molecule has 0 radical (unpaired) electrons. The van der Waals surface area contributed by atoms with E-state index >= 15 is 0 Å². The van der Waals surface area contributed by atoms with Gasteiger partial charge in [-0.05, 0) is 17.7 Å². The van der Waals surface area contributed by atoms with E-state index < -0.39 is 12.1 Å². The molecule has 0 fully saturated rings. The van der Waals surface area contributed by atoms with Crippen molar-refractivity contribution < 1.29 is 29.2 Å². The van der Waals surface area contributed by atoms with Crippen LogP contribution in [0.2, 0.25) is 0 Å². The Morgan fingerprint density at radius 3 is 2.80 bits per heavy atom. The highest BCUT2D eigenvalue weighted by molar-refractivity contribution is 5.70. The van der Waals surface area contributed by atoms with Gasteiger partial charge in [0.2, 0.25) is 0 Å². The Labute approximate surface area is 117 Å².